The van der Waals surface area contributed by atoms with Crippen molar-refractivity contribution < 1.29 is 52.0 Å². The van der Waals surface area contributed by atoms with Crippen LogP contribution >= 0.6 is 0 Å². The van der Waals surface area contributed by atoms with E-state index in [-0.39, 0.29) is 35.2 Å². The zero-order chi connectivity index (χ0) is 20.3. The number of hydrogen-bond donors (Lipinski definition) is 2. The molecule has 1 aromatic rings. The fourth-order valence-corrected chi connectivity index (χ4v) is 1.95. The van der Waals surface area contributed by atoms with E-state index in [0.717, 1.165) is 6.42 Å². The molecule has 2 N–H and O–H groups in total. The maximum Gasteiger partial charge on any atom is 1.00 e. The van der Waals surface area contributed by atoms with Gasteiger partial charge in [-0.05, 0) is 0 Å². The average molecular weight is 415 g/mol. The van der Waals surface area contributed by atoms with Gasteiger partial charge in [0.2, 0.25) is 0 Å². The van der Waals surface area contributed by atoms with Crippen molar-refractivity contribution in [3.05, 3.63) is 41.6 Å². The second-order valence-corrected chi connectivity index (χ2v) is 6.49. The van der Waals surface area contributed by atoms with Gasteiger partial charge >= 0.3 is 40.0 Å². The molecule has 0 bridgehead atoms. The van der Waals surface area contributed by atoms with Gasteiger partial charge < -0.3 is 6.92 Å². The fourth-order valence-electron chi connectivity index (χ4n) is 1.95. The Labute approximate surface area is 185 Å². The number of aromatic nitrogens is 1. The van der Waals surface area contributed by atoms with Crippen LogP contribution in [0.4, 0.5) is 5.69 Å². The third-order valence-corrected chi connectivity index (χ3v) is 3.23. The Bertz CT molecular complexity index is 526. The molecule has 0 atom stereocenters. The van der Waals surface area contributed by atoms with Crippen molar-refractivity contribution in [2.45, 2.75) is 71.1 Å². The maximum atomic E-state index is 9.98. The van der Waals surface area contributed by atoms with Crippen LogP contribution in [0.1, 0.15) is 71.1 Å². The Hall–Kier alpha value is -0.580. The van der Waals surface area contributed by atoms with Gasteiger partial charge in [-0.3, -0.25) is 24.2 Å². The summed E-state index contributed by atoms with van der Waals surface area (Å²) in [6, 6.07) is 2.69. The molecule has 1 aromatic heterocycles. The summed E-state index contributed by atoms with van der Waals surface area (Å²) in [6.45, 7) is 6.12. The molecule has 10 heteroatoms. The van der Waals surface area contributed by atoms with E-state index in [1.54, 1.807) is 0 Å². The summed E-state index contributed by atoms with van der Waals surface area (Å²) in [7, 11) is -4.67. The molecule has 27 heavy (non-hydrogen) atoms. The number of hydrogen-bond acceptors (Lipinski definition) is 5. The molecular weight excluding hydrogens is 383 g/mol. The Morgan fingerprint density at radius 2 is 1.37 bits per heavy atom. The van der Waals surface area contributed by atoms with Crippen LogP contribution in [-0.4, -0.2) is 27.4 Å². The van der Waals surface area contributed by atoms with E-state index in [0.29, 0.717) is 0 Å². The number of unbranched alkanes of at least 4 members (excludes halogenated alkanes) is 9. The first-order valence-corrected chi connectivity index (χ1v) is 10.2. The van der Waals surface area contributed by atoms with Crippen molar-refractivity contribution in [1.82, 2.24) is 4.98 Å². The molecular formula is C17H31N2NaO6S. The van der Waals surface area contributed by atoms with E-state index in [1.165, 1.54) is 82.3 Å². The monoisotopic (exact) mass is 414 g/mol. The van der Waals surface area contributed by atoms with Crippen LogP contribution in [0, 0.1) is 17.0 Å². The van der Waals surface area contributed by atoms with Gasteiger partial charge in [0, 0.05) is 24.5 Å². The minimum absolute atomic E-state index is 0. The summed E-state index contributed by atoms with van der Waals surface area (Å²) in [5, 5.41) is 9.98. The molecule has 0 aromatic carbocycles. The maximum absolute atomic E-state index is 9.98. The molecule has 1 rings (SSSR count). The predicted molar refractivity (Wildman–Crippen MR) is 102 cm³/mol. The fraction of sp³-hybridized carbons (Fsp3) is 0.647. The molecule has 0 aliphatic heterocycles. The summed E-state index contributed by atoms with van der Waals surface area (Å²) in [5.74, 6) is 0. The number of pyridine rings is 1. The zero-order valence-corrected chi connectivity index (χ0v) is 19.2. The Kier molecular flexibility index (Phi) is 25.0. The van der Waals surface area contributed by atoms with E-state index < -0.39 is 15.3 Å². The van der Waals surface area contributed by atoms with Gasteiger partial charge in [-0.1, -0.05) is 64.7 Å². The van der Waals surface area contributed by atoms with E-state index in [4.69, 9.17) is 17.5 Å². The Balaban J connectivity index is -0.000000340. The Morgan fingerprint density at radius 1 is 1.00 bits per heavy atom. The predicted octanol–water partition coefficient (Wildman–Crippen LogP) is 2.08. The molecule has 0 aliphatic carbocycles. The first-order chi connectivity index (χ1) is 12.2. The van der Waals surface area contributed by atoms with Gasteiger partial charge in [-0.2, -0.15) is 14.8 Å². The van der Waals surface area contributed by atoms with Crippen molar-refractivity contribution in [1.29, 1.82) is 0 Å². The molecule has 0 saturated carbocycles. The molecule has 0 aliphatic rings. The SMILES string of the molecule is O=S(=O)(O)O.O=[N+]([O-])c1ccncc1.[CH2-]CCCCCCCCCCC.[Na+]. The third kappa shape index (κ3) is 33.4. The van der Waals surface area contributed by atoms with Crippen LogP contribution in [0.15, 0.2) is 24.5 Å². The first-order valence-electron chi connectivity index (χ1n) is 8.75. The van der Waals surface area contributed by atoms with Crippen LogP contribution in [0.3, 0.4) is 0 Å². The third-order valence-electron chi connectivity index (χ3n) is 3.23. The van der Waals surface area contributed by atoms with Crippen LogP contribution in [0.2, 0.25) is 0 Å². The average Bonchev–Trinajstić information content (AvgIpc) is 2.57. The van der Waals surface area contributed by atoms with Crippen LogP contribution in [0.25, 0.3) is 0 Å². The topological polar surface area (TPSA) is 131 Å². The van der Waals surface area contributed by atoms with Gasteiger partial charge in [0.15, 0.2) is 0 Å². The largest absolute Gasteiger partial charge is 1.00 e. The summed E-state index contributed by atoms with van der Waals surface area (Å²) in [5.41, 5.74) is 0.0741. The number of rotatable bonds is 10. The van der Waals surface area contributed by atoms with Gasteiger partial charge in [0.1, 0.15) is 0 Å². The van der Waals surface area contributed by atoms with E-state index in [2.05, 4.69) is 18.8 Å². The molecule has 0 fully saturated rings. The van der Waals surface area contributed by atoms with Gasteiger partial charge in [0.25, 0.3) is 5.69 Å². The van der Waals surface area contributed by atoms with Crippen LogP contribution in [-0.2, 0) is 10.4 Å². The molecule has 0 unspecified atom stereocenters. The minimum atomic E-state index is -4.67. The Morgan fingerprint density at radius 3 is 1.67 bits per heavy atom. The van der Waals surface area contributed by atoms with Crippen molar-refractivity contribution in [2.24, 2.45) is 0 Å². The van der Waals surface area contributed by atoms with Crippen molar-refractivity contribution >= 4 is 16.1 Å². The van der Waals surface area contributed by atoms with Crippen molar-refractivity contribution in [3.8, 4) is 0 Å². The second kappa shape index (κ2) is 21.7. The molecule has 1 heterocycles. The molecule has 152 valence electrons. The van der Waals surface area contributed by atoms with Crippen LogP contribution < -0.4 is 29.6 Å². The van der Waals surface area contributed by atoms with Gasteiger partial charge in [-0.15, -0.1) is 0 Å². The van der Waals surface area contributed by atoms with E-state index in [1.807, 2.05) is 0 Å². The zero-order valence-electron chi connectivity index (χ0n) is 16.4. The summed E-state index contributed by atoms with van der Waals surface area (Å²) in [4.78, 5) is 13.1. The number of nitrogens with zero attached hydrogens (tertiary/aromatic N) is 2. The first kappa shape index (κ1) is 31.1. The van der Waals surface area contributed by atoms with E-state index in [9.17, 15) is 10.1 Å². The second-order valence-electron chi connectivity index (χ2n) is 5.59. The molecule has 0 saturated heterocycles. The summed E-state index contributed by atoms with van der Waals surface area (Å²) >= 11 is 0. The molecule has 0 amide bonds. The quantitative estimate of drug-likeness (QED) is 0.150. The molecule has 0 radical (unpaired) electrons. The molecule has 0 spiro atoms. The van der Waals surface area contributed by atoms with E-state index >= 15 is 0 Å². The van der Waals surface area contributed by atoms with Crippen molar-refractivity contribution in [2.75, 3.05) is 0 Å². The minimum Gasteiger partial charge on any atom is -0.343 e. The normalized spacial score (nSPS) is 9.78. The number of nitro groups is 1. The van der Waals surface area contributed by atoms with Gasteiger partial charge in [-0.25, -0.2) is 0 Å². The van der Waals surface area contributed by atoms with Crippen LogP contribution in [0.5, 0.6) is 0 Å². The standard InChI is InChI=1S/C12H25.C5H4N2O2.Na.H2O4S/c1-3-5-7-9-11-12-10-8-6-4-2;8-7(9)5-1-3-6-4-2-5;;1-5(2,3)4/h1,3-12H2,2H3;1-4H;;(H2,1,2,3,4)/q-1;;+1;. The summed E-state index contributed by atoms with van der Waals surface area (Å²) < 4.78 is 31.6. The smallest absolute Gasteiger partial charge is 0.343 e. The molecule has 8 nitrogen and oxygen atoms in total. The van der Waals surface area contributed by atoms with Crippen molar-refractivity contribution in [3.63, 3.8) is 0 Å². The van der Waals surface area contributed by atoms with Gasteiger partial charge in [0.05, 0.1) is 4.92 Å². The summed E-state index contributed by atoms with van der Waals surface area (Å²) in [6.07, 6.45) is 16.7.